The largest absolute Gasteiger partial charge is 0.496 e. The predicted octanol–water partition coefficient (Wildman–Crippen LogP) is 3.80. The summed E-state index contributed by atoms with van der Waals surface area (Å²) in [5, 5.41) is 4.78. The molecule has 118 valence electrons. The summed E-state index contributed by atoms with van der Waals surface area (Å²) < 4.78 is 5.39. The zero-order chi connectivity index (χ0) is 16.4. The number of amides is 1. The third-order valence-corrected chi connectivity index (χ3v) is 4.51. The van der Waals surface area contributed by atoms with Crippen molar-refractivity contribution < 1.29 is 9.53 Å². The van der Waals surface area contributed by atoms with E-state index in [4.69, 9.17) is 4.74 Å². The van der Waals surface area contributed by atoms with Crippen molar-refractivity contribution in [1.82, 2.24) is 5.32 Å². The number of methoxy groups -OCH3 is 1. The summed E-state index contributed by atoms with van der Waals surface area (Å²) in [5.41, 5.74) is 2.48. The number of ether oxygens (including phenoxy) is 1. The standard InChI is InChI=1S/C18H18N2O2S/c1-11(2)13-9-12(6-7-15(13)22-3)10-14-18(21)20-17(19-14)16-5-4-8-23-16/h4-11H,1-3H3,(H,19,20,21)/b14-10+. The Morgan fingerprint density at radius 1 is 1.30 bits per heavy atom. The van der Waals surface area contributed by atoms with Crippen LogP contribution in [0.4, 0.5) is 0 Å². The molecule has 3 rings (SSSR count). The molecular formula is C18H18N2O2S. The summed E-state index contributed by atoms with van der Waals surface area (Å²) in [5.74, 6) is 1.65. The van der Waals surface area contributed by atoms with Crippen molar-refractivity contribution in [2.75, 3.05) is 7.11 Å². The second-order valence-corrected chi connectivity index (χ2v) is 6.53. The van der Waals surface area contributed by atoms with E-state index < -0.39 is 0 Å². The Morgan fingerprint density at radius 3 is 2.78 bits per heavy atom. The van der Waals surface area contributed by atoms with Gasteiger partial charge in [-0.2, -0.15) is 0 Å². The van der Waals surface area contributed by atoms with Gasteiger partial charge in [0.1, 0.15) is 11.4 Å². The highest BCUT2D eigenvalue weighted by molar-refractivity contribution is 7.12. The summed E-state index contributed by atoms with van der Waals surface area (Å²) in [6, 6.07) is 9.79. The summed E-state index contributed by atoms with van der Waals surface area (Å²) in [7, 11) is 1.67. The van der Waals surface area contributed by atoms with Crippen molar-refractivity contribution in [1.29, 1.82) is 0 Å². The Bertz CT molecular complexity index is 789. The molecule has 2 aromatic rings. The summed E-state index contributed by atoms with van der Waals surface area (Å²) >= 11 is 1.55. The van der Waals surface area contributed by atoms with Gasteiger partial charge in [-0.1, -0.05) is 26.0 Å². The Kier molecular flexibility index (Phi) is 4.30. The van der Waals surface area contributed by atoms with Crippen LogP contribution in [0.2, 0.25) is 0 Å². The van der Waals surface area contributed by atoms with E-state index in [-0.39, 0.29) is 5.91 Å². The molecule has 0 bridgehead atoms. The Labute approximate surface area is 139 Å². The fourth-order valence-electron chi connectivity index (χ4n) is 2.45. The van der Waals surface area contributed by atoms with Crippen molar-refractivity contribution in [3.63, 3.8) is 0 Å². The van der Waals surface area contributed by atoms with E-state index in [1.165, 1.54) is 0 Å². The van der Waals surface area contributed by atoms with Crippen LogP contribution in [0, 0.1) is 0 Å². The number of thiophene rings is 1. The number of carbonyl (C=O) groups excluding carboxylic acids is 1. The fourth-order valence-corrected chi connectivity index (χ4v) is 3.12. The lowest BCUT2D eigenvalue weighted by Crippen LogP contribution is -2.23. The third-order valence-electron chi connectivity index (χ3n) is 3.63. The lowest BCUT2D eigenvalue weighted by Gasteiger charge is -2.12. The molecule has 0 atom stereocenters. The highest BCUT2D eigenvalue weighted by atomic mass is 32.1. The molecule has 0 saturated carbocycles. The maximum absolute atomic E-state index is 12.1. The zero-order valence-electron chi connectivity index (χ0n) is 13.3. The van der Waals surface area contributed by atoms with Gasteiger partial charge in [0, 0.05) is 0 Å². The van der Waals surface area contributed by atoms with Crippen LogP contribution in [0.5, 0.6) is 5.75 Å². The number of nitrogens with one attached hydrogen (secondary N) is 1. The van der Waals surface area contributed by atoms with E-state index in [9.17, 15) is 4.79 Å². The average molecular weight is 326 g/mol. The number of hydrogen-bond acceptors (Lipinski definition) is 4. The Morgan fingerprint density at radius 2 is 2.13 bits per heavy atom. The van der Waals surface area contributed by atoms with Crippen LogP contribution in [0.3, 0.4) is 0 Å². The molecule has 1 amide bonds. The van der Waals surface area contributed by atoms with Crippen LogP contribution in [0.15, 0.2) is 46.4 Å². The molecule has 0 spiro atoms. The number of nitrogens with zero attached hydrogens (tertiary/aromatic N) is 1. The average Bonchev–Trinajstić information content (AvgIpc) is 3.17. The highest BCUT2D eigenvalue weighted by Gasteiger charge is 2.21. The number of amidine groups is 1. The van der Waals surface area contributed by atoms with E-state index in [0.29, 0.717) is 17.5 Å². The smallest absolute Gasteiger partial charge is 0.275 e. The van der Waals surface area contributed by atoms with Gasteiger partial charge in [0.05, 0.1) is 12.0 Å². The molecule has 1 aliphatic rings. The monoisotopic (exact) mass is 326 g/mol. The van der Waals surface area contributed by atoms with Crippen molar-refractivity contribution in [2.45, 2.75) is 19.8 Å². The summed E-state index contributed by atoms with van der Waals surface area (Å²) in [4.78, 5) is 17.5. The molecule has 2 heterocycles. The molecule has 0 unspecified atom stereocenters. The van der Waals surface area contributed by atoms with Gasteiger partial charge < -0.3 is 10.1 Å². The van der Waals surface area contributed by atoms with Crippen LogP contribution in [-0.4, -0.2) is 18.9 Å². The zero-order valence-corrected chi connectivity index (χ0v) is 14.1. The van der Waals surface area contributed by atoms with E-state index in [0.717, 1.165) is 21.8 Å². The minimum Gasteiger partial charge on any atom is -0.496 e. The maximum atomic E-state index is 12.1. The first-order valence-electron chi connectivity index (χ1n) is 7.42. The SMILES string of the molecule is COc1ccc(/C=C2/N=C(c3cccs3)NC2=O)cc1C(C)C. The normalized spacial score (nSPS) is 15.9. The van der Waals surface area contributed by atoms with Gasteiger partial charge >= 0.3 is 0 Å². The van der Waals surface area contributed by atoms with Crippen LogP contribution in [-0.2, 0) is 4.79 Å². The molecule has 1 N–H and O–H groups in total. The molecular weight excluding hydrogens is 308 g/mol. The van der Waals surface area contributed by atoms with E-state index in [1.807, 2.05) is 35.7 Å². The molecule has 5 heteroatoms. The third kappa shape index (κ3) is 3.19. The van der Waals surface area contributed by atoms with Gasteiger partial charge in [-0.05, 0) is 46.7 Å². The number of benzene rings is 1. The molecule has 1 aliphatic heterocycles. The molecule has 1 aromatic heterocycles. The van der Waals surface area contributed by atoms with Crippen molar-refractivity contribution in [3.8, 4) is 5.75 Å². The van der Waals surface area contributed by atoms with E-state index >= 15 is 0 Å². The molecule has 0 radical (unpaired) electrons. The van der Waals surface area contributed by atoms with Crippen LogP contribution in [0.25, 0.3) is 6.08 Å². The van der Waals surface area contributed by atoms with E-state index in [1.54, 1.807) is 24.5 Å². The van der Waals surface area contributed by atoms with E-state index in [2.05, 4.69) is 24.2 Å². The Balaban J connectivity index is 1.95. The Hall–Kier alpha value is -2.40. The molecule has 0 fully saturated rings. The quantitative estimate of drug-likeness (QED) is 0.869. The minimum absolute atomic E-state index is 0.171. The number of aliphatic imine (C=N–C) groups is 1. The van der Waals surface area contributed by atoms with Gasteiger partial charge in [0.15, 0.2) is 5.84 Å². The topological polar surface area (TPSA) is 50.7 Å². The number of hydrogen-bond donors (Lipinski definition) is 1. The van der Waals surface area contributed by atoms with Gasteiger partial charge in [-0.25, -0.2) is 4.99 Å². The van der Waals surface area contributed by atoms with Gasteiger partial charge in [0.25, 0.3) is 5.91 Å². The van der Waals surface area contributed by atoms with Crippen LogP contribution >= 0.6 is 11.3 Å². The second kappa shape index (κ2) is 6.38. The molecule has 0 saturated heterocycles. The van der Waals surface area contributed by atoms with Crippen LogP contribution < -0.4 is 10.1 Å². The summed E-state index contributed by atoms with van der Waals surface area (Å²) in [6.45, 7) is 4.23. The fraction of sp³-hybridized carbons (Fsp3) is 0.222. The highest BCUT2D eigenvalue weighted by Crippen LogP contribution is 2.28. The number of rotatable bonds is 4. The van der Waals surface area contributed by atoms with Crippen molar-refractivity contribution >= 4 is 29.2 Å². The predicted molar refractivity (Wildman–Crippen MR) is 94.1 cm³/mol. The first-order valence-corrected chi connectivity index (χ1v) is 8.30. The lowest BCUT2D eigenvalue weighted by molar-refractivity contribution is -0.115. The first-order chi connectivity index (χ1) is 11.1. The summed E-state index contributed by atoms with van der Waals surface area (Å²) in [6.07, 6.45) is 1.81. The number of carbonyl (C=O) groups is 1. The first kappa shape index (κ1) is 15.5. The second-order valence-electron chi connectivity index (χ2n) is 5.58. The van der Waals surface area contributed by atoms with Gasteiger partial charge in [-0.3, -0.25) is 4.79 Å². The molecule has 0 aliphatic carbocycles. The van der Waals surface area contributed by atoms with Crippen molar-refractivity contribution in [3.05, 3.63) is 57.4 Å². The molecule has 4 nitrogen and oxygen atoms in total. The van der Waals surface area contributed by atoms with Gasteiger partial charge in [0.2, 0.25) is 0 Å². The molecule has 23 heavy (non-hydrogen) atoms. The maximum Gasteiger partial charge on any atom is 0.275 e. The van der Waals surface area contributed by atoms with Crippen molar-refractivity contribution in [2.24, 2.45) is 4.99 Å². The van der Waals surface area contributed by atoms with Crippen LogP contribution in [0.1, 0.15) is 35.8 Å². The molecule has 1 aromatic carbocycles. The minimum atomic E-state index is -0.171. The van der Waals surface area contributed by atoms with Gasteiger partial charge in [-0.15, -0.1) is 11.3 Å². The lowest BCUT2D eigenvalue weighted by atomic mass is 9.99.